The minimum Gasteiger partial charge on any atom is -0.436 e. The van der Waals surface area contributed by atoms with Gasteiger partial charge in [-0.15, -0.1) is 6.42 Å². The second kappa shape index (κ2) is 5.92. The average Bonchev–Trinajstić information content (AvgIpc) is 2.30. The Balaban J connectivity index is 3.18. The number of nitrogens with zero attached hydrogens (tertiary/aromatic N) is 1. The largest absolute Gasteiger partial charge is 0.436 e. The second-order valence-corrected chi connectivity index (χ2v) is 4.07. The van der Waals surface area contributed by atoms with Crippen molar-refractivity contribution in [2.24, 2.45) is 0 Å². The third-order valence-electron chi connectivity index (χ3n) is 2.51. The van der Waals surface area contributed by atoms with Crippen molar-refractivity contribution in [3.63, 3.8) is 0 Å². The fourth-order valence-electron chi connectivity index (χ4n) is 1.76. The summed E-state index contributed by atoms with van der Waals surface area (Å²) in [6.07, 6.45) is 4.58. The van der Waals surface area contributed by atoms with Crippen molar-refractivity contribution in [3.05, 3.63) is 41.6 Å². The van der Waals surface area contributed by atoms with Gasteiger partial charge in [-0.3, -0.25) is 4.90 Å². The molecule has 0 heterocycles. The Labute approximate surface area is 108 Å². The van der Waals surface area contributed by atoms with Gasteiger partial charge in [0, 0.05) is 5.70 Å². The summed E-state index contributed by atoms with van der Waals surface area (Å²) < 4.78 is 4.97. The number of carbonyl (C=O) groups is 1. The lowest BCUT2D eigenvalue weighted by Crippen LogP contribution is -2.30. The maximum Gasteiger partial charge on any atom is 0.419 e. The number of allylic oxidation sites excluding steroid dienone is 1. The Kier molecular flexibility index (Phi) is 4.56. The molecular formula is C15H17NO2. The number of amides is 1. The quantitative estimate of drug-likeness (QED) is 0.761. The minimum absolute atomic E-state index is 0.0481. The van der Waals surface area contributed by atoms with Crippen molar-refractivity contribution in [1.82, 2.24) is 0 Å². The molecule has 0 aliphatic heterocycles. The van der Waals surface area contributed by atoms with Crippen LogP contribution < -0.4 is 4.90 Å². The molecule has 0 unspecified atom stereocenters. The van der Waals surface area contributed by atoms with Crippen LogP contribution in [0.15, 0.2) is 30.5 Å². The first-order valence-electron chi connectivity index (χ1n) is 5.61. The molecule has 94 valence electrons. The Bertz CT molecular complexity index is 491. The van der Waals surface area contributed by atoms with Gasteiger partial charge < -0.3 is 4.74 Å². The van der Waals surface area contributed by atoms with Gasteiger partial charge in [0.1, 0.15) is 0 Å². The highest BCUT2D eigenvalue weighted by Gasteiger charge is 2.21. The Morgan fingerprint density at radius 1 is 1.44 bits per heavy atom. The van der Waals surface area contributed by atoms with E-state index in [9.17, 15) is 4.79 Å². The van der Waals surface area contributed by atoms with Gasteiger partial charge in [0.2, 0.25) is 0 Å². The number of benzene rings is 1. The molecule has 1 rings (SSSR count). The molecule has 1 amide bonds. The summed E-state index contributed by atoms with van der Waals surface area (Å²) in [6.45, 7) is 9.40. The maximum atomic E-state index is 12.0. The van der Waals surface area contributed by atoms with E-state index in [0.717, 1.165) is 16.8 Å². The van der Waals surface area contributed by atoms with Gasteiger partial charge in [-0.1, -0.05) is 30.7 Å². The van der Waals surface area contributed by atoms with Crippen LogP contribution in [0.1, 0.15) is 18.1 Å². The molecule has 0 N–H and O–H groups in total. The minimum atomic E-state index is -0.502. The van der Waals surface area contributed by atoms with Gasteiger partial charge in [0.15, 0.2) is 6.61 Å². The molecule has 18 heavy (non-hydrogen) atoms. The predicted octanol–water partition coefficient (Wildman–Crippen LogP) is 3.41. The Hall–Kier alpha value is -2.21. The maximum absolute atomic E-state index is 12.0. The number of anilines is 1. The molecule has 0 bridgehead atoms. The number of terminal acetylenes is 1. The molecule has 0 saturated carbocycles. The molecule has 0 atom stereocenters. The van der Waals surface area contributed by atoms with Crippen molar-refractivity contribution in [2.75, 3.05) is 11.5 Å². The number of hydrogen-bond acceptors (Lipinski definition) is 2. The summed E-state index contributed by atoms with van der Waals surface area (Å²) >= 11 is 0. The van der Waals surface area contributed by atoms with Crippen molar-refractivity contribution < 1.29 is 9.53 Å². The fourth-order valence-corrected chi connectivity index (χ4v) is 1.76. The van der Waals surface area contributed by atoms with Crippen LogP contribution >= 0.6 is 0 Å². The van der Waals surface area contributed by atoms with Gasteiger partial charge in [-0.25, -0.2) is 4.79 Å². The zero-order valence-corrected chi connectivity index (χ0v) is 11.0. The summed E-state index contributed by atoms with van der Waals surface area (Å²) in [6, 6.07) is 5.82. The van der Waals surface area contributed by atoms with Crippen molar-refractivity contribution in [2.45, 2.75) is 20.8 Å². The topological polar surface area (TPSA) is 29.5 Å². The zero-order valence-electron chi connectivity index (χ0n) is 11.0. The van der Waals surface area contributed by atoms with E-state index in [4.69, 9.17) is 11.2 Å². The Morgan fingerprint density at radius 3 is 2.44 bits per heavy atom. The molecule has 0 aliphatic carbocycles. The molecule has 0 saturated heterocycles. The highest BCUT2D eigenvalue weighted by Crippen LogP contribution is 2.27. The van der Waals surface area contributed by atoms with Gasteiger partial charge in [-0.2, -0.15) is 0 Å². The second-order valence-electron chi connectivity index (χ2n) is 4.07. The summed E-state index contributed by atoms with van der Waals surface area (Å²) in [4.78, 5) is 13.4. The normalized spacial score (nSPS) is 9.44. The van der Waals surface area contributed by atoms with Crippen LogP contribution in [-0.4, -0.2) is 12.7 Å². The van der Waals surface area contributed by atoms with E-state index >= 15 is 0 Å². The third-order valence-corrected chi connectivity index (χ3v) is 2.51. The van der Waals surface area contributed by atoms with Crippen LogP contribution in [0, 0.1) is 26.2 Å². The van der Waals surface area contributed by atoms with E-state index in [-0.39, 0.29) is 6.61 Å². The van der Waals surface area contributed by atoms with Crippen LogP contribution in [0.4, 0.5) is 10.5 Å². The molecule has 0 aromatic heterocycles. The molecule has 3 nitrogen and oxygen atoms in total. The van der Waals surface area contributed by atoms with Gasteiger partial charge in [-0.05, 0) is 31.9 Å². The first-order valence-corrected chi connectivity index (χ1v) is 5.61. The summed E-state index contributed by atoms with van der Waals surface area (Å²) in [7, 11) is 0. The predicted molar refractivity (Wildman–Crippen MR) is 73.4 cm³/mol. The number of hydrogen-bond donors (Lipinski definition) is 0. The zero-order chi connectivity index (χ0) is 13.7. The number of para-hydroxylation sites is 1. The highest BCUT2D eigenvalue weighted by molar-refractivity contribution is 5.92. The van der Waals surface area contributed by atoms with E-state index in [1.807, 2.05) is 32.0 Å². The smallest absolute Gasteiger partial charge is 0.419 e. The molecule has 1 aromatic rings. The first kappa shape index (κ1) is 13.9. The van der Waals surface area contributed by atoms with Gasteiger partial charge >= 0.3 is 6.09 Å². The van der Waals surface area contributed by atoms with Crippen LogP contribution in [0.5, 0.6) is 0 Å². The van der Waals surface area contributed by atoms with Crippen molar-refractivity contribution >= 4 is 11.8 Å². The molecule has 0 spiro atoms. The van der Waals surface area contributed by atoms with Gasteiger partial charge in [0.25, 0.3) is 0 Å². The highest BCUT2D eigenvalue weighted by atomic mass is 16.6. The monoisotopic (exact) mass is 243 g/mol. The molecule has 0 fully saturated rings. The number of carbonyl (C=O) groups excluding carboxylic acids is 1. The van der Waals surface area contributed by atoms with Crippen molar-refractivity contribution in [3.8, 4) is 12.3 Å². The molecule has 0 aliphatic rings. The SMILES string of the molecule is C#CCOC(=O)N(C(=C)C)c1c(C)cccc1C. The lowest BCUT2D eigenvalue weighted by molar-refractivity contribution is 0.169. The fraction of sp³-hybridized carbons (Fsp3) is 0.267. The molecular weight excluding hydrogens is 226 g/mol. The van der Waals surface area contributed by atoms with E-state index in [1.165, 1.54) is 4.90 Å². The average molecular weight is 243 g/mol. The van der Waals surface area contributed by atoms with Crippen LogP contribution in [0.2, 0.25) is 0 Å². The number of ether oxygens (including phenoxy) is 1. The molecule has 3 heteroatoms. The Morgan fingerprint density at radius 2 is 2.00 bits per heavy atom. The number of aryl methyl sites for hydroxylation is 2. The van der Waals surface area contributed by atoms with E-state index in [1.54, 1.807) is 6.92 Å². The first-order chi connectivity index (χ1) is 8.49. The summed E-state index contributed by atoms with van der Waals surface area (Å²) in [5, 5.41) is 0. The van der Waals surface area contributed by atoms with Crippen molar-refractivity contribution in [1.29, 1.82) is 0 Å². The van der Waals surface area contributed by atoms with E-state index < -0.39 is 6.09 Å². The van der Waals surface area contributed by atoms with Crippen LogP contribution in [-0.2, 0) is 4.74 Å². The van der Waals surface area contributed by atoms with Crippen LogP contribution in [0.3, 0.4) is 0 Å². The summed E-state index contributed by atoms with van der Waals surface area (Å²) in [5.74, 6) is 2.27. The summed E-state index contributed by atoms with van der Waals surface area (Å²) in [5.41, 5.74) is 3.35. The standard InChI is InChI=1S/C15H17NO2/c1-6-10-18-15(17)16(11(2)3)14-12(4)8-7-9-13(14)5/h1,7-9H,2,10H2,3-5H3. The van der Waals surface area contributed by atoms with E-state index in [2.05, 4.69) is 12.5 Å². The van der Waals surface area contributed by atoms with Crippen LogP contribution in [0.25, 0.3) is 0 Å². The lowest BCUT2D eigenvalue weighted by atomic mass is 10.1. The third kappa shape index (κ3) is 2.92. The molecule has 1 aromatic carbocycles. The number of rotatable bonds is 3. The van der Waals surface area contributed by atoms with Gasteiger partial charge in [0.05, 0.1) is 5.69 Å². The van der Waals surface area contributed by atoms with E-state index in [0.29, 0.717) is 5.70 Å². The lowest BCUT2D eigenvalue weighted by Gasteiger charge is -2.25. The molecule has 0 radical (unpaired) electrons.